The molecule has 7 heteroatoms. The van der Waals surface area contributed by atoms with Gasteiger partial charge in [0.25, 0.3) is 0 Å². The third-order valence-electron chi connectivity index (χ3n) is 5.96. The number of rotatable bonds is 7. The van der Waals surface area contributed by atoms with Crippen LogP contribution in [-0.4, -0.2) is 49.6 Å². The van der Waals surface area contributed by atoms with Gasteiger partial charge in [0, 0.05) is 36.3 Å². The number of anilines is 1. The van der Waals surface area contributed by atoms with Gasteiger partial charge in [-0.15, -0.1) is 0 Å². The predicted molar refractivity (Wildman–Crippen MR) is 122 cm³/mol. The maximum absolute atomic E-state index is 13.6. The summed E-state index contributed by atoms with van der Waals surface area (Å²) in [6, 6.07) is 15.3. The molecule has 2 aromatic rings. The molecule has 2 aliphatic heterocycles. The highest BCUT2D eigenvalue weighted by atomic mass is 79.9. The minimum Gasteiger partial charge on any atom is -0.496 e. The van der Waals surface area contributed by atoms with E-state index in [1.807, 2.05) is 48.5 Å². The third kappa shape index (κ3) is 4.77. The van der Waals surface area contributed by atoms with Gasteiger partial charge in [-0.2, -0.15) is 0 Å². The molecular formula is C24H27BrN2O4. The SMILES string of the molecule is COc1ccccc1CN(CC1CCCO1)C(=O)C1CCN(c2ccccc2Br)C1=O. The van der Waals surface area contributed by atoms with Gasteiger partial charge in [0.05, 0.1) is 18.9 Å². The molecule has 0 aliphatic carbocycles. The van der Waals surface area contributed by atoms with E-state index in [0.29, 0.717) is 26.1 Å². The number of para-hydroxylation sites is 2. The molecule has 0 aromatic heterocycles. The molecule has 2 atom stereocenters. The summed E-state index contributed by atoms with van der Waals surface area (Å²) >= 11 is 3.52. The molecule has 2 aromatic carbocycles. The van der Waals surface area contributed by atoms with E-state index in [4.69, 9.17) is 9.47 Å². The number of halogens is 1. The topological polar surface area (TPSA) is 59.1 Å². The average molecular weight is 487 g/mol. The van der Waals surface area contributed by atoms with Gasteiger partial charge in [-0.05, 0) is 53.4 Å². The summed E-state index contributed by atoms with van der Waals surface area (Å²) in [5, 5.41) is 0. The molecule has 2 saturated heterocycles. The molecule has 164 valence electrons. The zero-order chi connectivity index (χ0) is 21.8. The zero-order valence-corrected chi connectivity index (χ0v) is 19.2. The standard InChI is InChI=1S/C24H27BrN2O4/c1-30-22-11-5-2-7-17(22)15-26(16-18-8-6-14-31-18)23(28)19-12-13-27(24(19)29)21-10-4-3-9-20(21)25/h2-5,7,9-11,18-19H,6,8,12-16H2,1H3. The molecule has 6 nitrogen and oxygen atoms in total. The number of benzene rings is 2. The lowest BCUT2D eigenvalue weighted by Crippen LogP contribution is -2.43. The fourth-order valence-corrected chi connectivity index (χ4v) is 4.84. The Morgan fingerprint density at radius 3 is 2.71 bits per heavy atom. The molecule has 0 N–H and O–H groups in total. The molecule has 2 fully saturated rings. The molecule has 2 amide bonds. The first-order valence-corrected chi connectivity index (χ1v) is 11.5. The predicted octanol–water partition coefficient (Wildman–Crippen LogP) is 4.02. The third-order valence-corrected chi connectivity index (χ3v) is 6.63. The van der Waals surface area contributed by atoms with Crippen molar-refractivity contribution < 1.29 is 19.1 Å². The Kier molecular flexibility index (Phi) is 6.92. The van der Waals surface area contributed by atoms with E-state index in [-0.39, 0.29) is 17.9 Å². The second-order valence-electron chi connectivity index (χ2n) is 7.95. The van der Waals surface area contributed by atoms with Crippen LogP contribution in [0.2, 0.25) is 0 Å². The number of nitrogens with zero attached hydrogens (tertiary/aromatic N) is 2. The number of amides is 2. The molecule has 2 unspecified atom stereocenters. The van der Waals surface area contributed by atoms with E-state index in [1.54, 1.807) is 16.9 Å². The van der Waals surface area contributed by atoms with Gasteiger partial charge >= 0.3 is 0 Å². The largest absolute Gasteiger partial charge is 0.496 e. The summed E-state index contributed by atoms with van der Waals surface area (Å²) in [4.78, 5) is 30.3. The van der Waals surface area contributed by atoms with Crippen LogP contribution in [-0.2, 0) is 20.9 Å². The summed E-state index contributed by atoms with van der Waals surface area (Å²) in [6.07, 6.45) is 2.44. The van der Waals surface area contributed by atoms with Crippen LogP contribution in [0.4, 0.5) is 5.69 Å². The Morgan fingerprint density at radius 2 is 1.97 bits per heavy atom. The Balaban J connectivity index is 1.55. The van der Waals surface area contributed by atoms with Crippen molar-refractivity contribution in [2.75, 3.05) is 31.7 Å². The van der Waals surface area contributed by atoms with Crippen LogP contribution < -0.4 is 9.64 Å². The first kappa shape index (κ1) is 21.8. The maximum atomic E-state index is 13.6. The highest BCUT2D eigenvalue weighted by Crippen LogP contribution is 2.33. The van der Waals surface area contributed by atoms with E-state index in [9.17, 15) is 9.59 Å². The van der Waals surface area contributed by atoms with Crippen molar-refractivity contribution in [3.05, 3.63) is 58.6 Å². The molecule has 0 saturated carbocycles. The van der Waals surface area contributed by atoms with E-state index in [2.05, 4.69) is 15.9 Å². The molecule has 4 rings (SSSR count). The number of methoxy groups -OCH3 is 1. The van der Waals surface area contributed by atoms with Gasteiger partial charge in [0.2, 0.25) is 11.8 Å². The molecule has 0 bridgehead atoms. The average Bonchev–Trinajstić information content (AvgIpc) is 3.43. The summed E-state index contributed by atoms with van der Waals surface area (Å²) in [5.74, 6) is -0.223. The number of hydrogen-bond acceptors (Lipinski definition) is 4. The highest BCUT2D eigenvalue weighted by molar-refractivity contribution is 9.10. The van der Waals surface area contributed by atoms with Crippen molar-refractivity contribution in [1.29, 1.82) is 0 Å². The van der Waals surface area contributed by atoms with Crippen LogP contribution in [0, 0.1) is 5.92 Å². The lowest BCUT2D eigenvalue weighted by atomic mass is 10.0. The van der Waals surface area contributed by atoms with Crippen molar-refractivity contribution in [3.8, 4) is 5.75 Å². The van der Waals surface area contributed by atoms with Gasteiger partial charge in [-0.25, -0.2) is 0 Å². The first-order valence-electron chi connectivity index (χ1n) is 10.7. The smallest absolute Gasteiger partial charge is 0.239 e. The number of ether oxygens (including phenoxy) is 2. The summed E-state index contributed by atoms with van der Waals surface area (Å²) < 4.78 is 12.1. The van der Waals surface area contributed by atoms with Gasteiger partial charge < -0.3 is 19.3 Å². The Hall–Kier alpha value is -2.38. The lowest BCUT2D eigenvalue weighted by Gasteiger charge is -2.28. The van der Waals surface area contributed by atoms with Crippen LogP contribution in [0.1, 0.15) is 24.8 Å². The van der Waals surface area contributed by atoms with Gasteiger partial charge in [-0.3, -0.25) is 9.59 Å². The summed E-state index contributed by atoms with van der Waals surface area (Å²) in [6.45, 7) is 2.12. The quantitative estimate of drug-likeness (QED) is 0.554. The first-order chi connectivity index (χ1) is 15.1. The monoisotopic (exact) mass is 486 g/mol. The van der Waals surface area contributed by atoms with Crippen molar-refractivity contribution >= 4 is 33.4 Å². The van der Waals surface area contributed by atoms with Crippen LogP contribution in [0.3, 0.4) is 0 Å². The van der Waals surface area contributed by atoms with Gasteiger partial charge in [-0.1, -0.05) is 30.3 Å². The summed E-state index contributed by atoms with van der Waals surface area (Å²) in [7, 11) is 1.63. The number of carbonyl (C=O) groups excluding carboxylic acids is 2. The van der Waals surface area contributed by atoms with Crippen LogP contribution in [0.15, 0.2) is 53.0 Å². The summed E-state index contributed by atoms with van der Waals surface area (Å²) in [5.41, 5.74) is 1.72. The number of hydrogen-bond donors (Lipinski definition) is 0. The maximum Gasteiger partial charge on any atom is 0.239 e. The van der Waals surface area contributed by atoms with Crippen molar-refractivity contribution in [3.63, 3.8) is 0 Å². The molecule has 0 radical (unpaired) electrons. The van der Waals surface area contributed by atoms with Crippen molar-refractivity contribution in [2.45, 2.75) is 31.9 Å². The van der Waals surface area contributed by atoms with E-state index in [1.165, 1.54) is 0 Å². The van der Waals surface area contributed by atoms with Crippen LogP contribution >= 0.6 is 15.9 Å². The van der Waals surface area contributed by atoms with Crippen molar-refractivity contribution in [1.82, 2.24) is 4.90 Å². The fourth-order valence-electron chi connectivity index (χ4n) is 4.35. The van der Waals surface area contributed by atoms with Crippen molar-refractivity contribution in [2.24, 2.45) is 5.92 Å². The normalized spacial score (nSPS) is 20.8. The highest BCUT2D eigenvalue weighted by Gasteiger charge is 2.41. The zero-order valence-electron chi connectivity index (χ0n) is 17.6. The van der Waals surface area contributed by atoms with E-state index < -0.39 is 5.92 Å². The second kappa shape index (κ2) is 9.83. The molecule has 0 spiro atoms. The fraction of sp³-hybridized carbons (Fsp3) is 0.417. The minimum atomic E-state index is -0.678. The van der Waals surface area contributed by atoms with Gasteiger partial charge in [0.15, 0.2) is 0 Å². The van der Waals surface area contributed by atoms with Crippen LogP contribution in [0.5, 0.6) is 5.75 Å². The Morgan fingerprint density at radius 1 is 1.19 bits per heavy atom. The van der Waals surface area contributed by atoms with E-state index in [0.717, 1.165) is 40.9 Å². The molecule has 2 heterocycles. The lowest BCUT2D eigenvalue weighted by molar-refractivity contribution is -0.141. The van der Waals surface area contributed by atoms with Crippen LogP contribution in [0.25, 0.3) is 0 Å². The van der Waals surface area contributed by atoms with E-state index >= 15 is 0 Å². The molecular weight excluding hydrogens is 460 g/mol. The Labute approximate surface area is 191 Å². The number of carbonyl (C=O) groups is 2. The Bertz CT molecular complexity index is 945. The second-order valence-corrected chi connectivity index (χ2v) is 8.80. The molecule has 2 aliphatic rings. The van der Waals surface area contributed by atoms with Gasteiger partial charge in [0.1, 0.15) is 11.7 Å². The minimum absolute atomic E-state index is 0.00883. The molecule has 31 heavy (non-hydrogen) atoms.